The number of phosphoric acid groups is 1. The Hall–Kier alpha value is -2.30. The van der Waals surface area contributed by atoms with Crippen LogP contribution in [0.5, 0.6) is 0 Å². The molecule has 0 saturated carbocycles. The van der Waals surface area contributed by atoms with E-state index in [4.69, 9.17) is 23.3 Å². The highest BCUT2D eigenvalue weighted by molar-refractivity contribution is 7.47. The van der Waals surface area contributed by atoms with Gasteiger partial charge < -0.3 is 24.2 Å². The maximum atomic E-state index is 13.0. The van der Waals surface area contributed by atoms with Crippen LogP contribution in [0.1, 0.15) is 329 Å². The molecule has 3 atom stereocenters. The summed E-state index contributed by atoms with van der Waals surface area (Å²) >= 11 is 0. The highest BCUT2D eigenvalue weighted by atomic mass is 31.2. The van der Waals surface area contributed by atoms with Crippen molar-refractivity contribution in [2.24, 2.45) is 0 Å². The van der Waals surface area contributed by atoms with Gasteiger partial charge in [0.2, 0.25) is 0 Å². The molecule has 78 heavy (non-hydrogen) atoms. The van der Waals surface area contributed by atoms with Crippen molar-refractivity contribution >= 4 is 25.7 Å². The quantitative estimate of drug-likeness (QED) is 0.0197. The molecule has 0 aliphatic carbocycles. The average molecular weight is 1120 g/mol. The molecule has 11 nitrogen and oxygen atoms in total. The topological polar surface area (TPSA) is 155 Å². The van der Waals surface area contributed by atoms with E-state index < -0.39 is 57.8 Å². The third kappa shape index (κ3) is 58.4. The van der Waals surface area contributed by atoms with Crippen molar-refractivity contribution in [3.63, 3.8) is 0 Å². The molecule has 0 saturated heterocycles. The number of phosphoric ester groups is 1. The van der Waals surface area contributed by atoms with Gasteiger partial charge in [0.15, 0.2) is 6.10 Å². The summed E-state index contributed by atoms with van der Waals surface area (Å²) in [5, 5.41) is 9.85. The predicted molar refractivity (Wildman–Crippen MR) is 326 cm³/mol. The summed E-state index contributed by atoms with van der Waals surface area (Å²) < 4.78 is 39.7. The van der Waals surface area contributed by atoms with E-state index in [1.54, 1.807) is 0 Å². The second kappa shape index (κ2) is 60.8. The molecule has 0 amide bonds. The summed E-state index contributed by atoms with van der Waals surface area (Å²) in [5.41, 5.74) is 0. The van der Waals surface area contributed by atoms with Crippen LogP contribution in [0.2, 0.25) is 0 Å². The Morgan fingerprint density at radius 3 is 1.03 bits per heavy atom. The van der Waals surface area contributed by atoms with Crippen molar-refractivity contribution < 1.29 is 52.2 Å². The number of rotatable bonds is 62. The monoisotopic (exact) mass is 1120 g/mol. The zero-order chi connectivity index (χ0) is 56.9. The number of aliphatic hydroxyl groups excluding tert-OH is 1. The van der Waals surface area contributed by atoms with E-state index in [-0.39, 0.29) is 25.9 Å². The van der Waals surface area contributed by atoms with Crippen molar-refractivity contribution in [3.05, 3.63) is 36.5 Å². The van der Waals surface area contributed by atoms with Gasteiger partial charge in [-0.25, -0.2) is 4.57 Å². The zero-order valence-electron chi connectivity index (χ0n) is 50.9. The molecule has 0 aromatic rings. The molecule has 0 spiro atoms. The highest BCUT2D eigenvalue weighted by Crippen LogP contribution is 2.43. The van der Waals surface area contributed by atoms with Gasteiger partial charge in [-0.05, 0) is 51.4 Å². The van der Waals surface area contributed by atoms with E-state index in [2.05, 4.69) is 57.2 Å². The van der Waals surface area contributed by atoms with Gasteiger partial charge in [0.05, 0.1) is 19.8 Å². The van der Waals surface area contributed by atoms with Crippen LogP contribution < -0.4 is 0 Å². The molecule has 3 unspecified atom stereocenters. The van der Waals surface area contributed by atoms with Gasteiger partial charge in [-0.2, -0.15) is 0 Å². The van der Waals surface area contributed by atoms with Crippen LogP contribution in [0.25, 0.3) is 0 Å². The van der Waals surface area contributed by atoms with Crippen LogP contribution in [0.4, 0.5) is 0 Å². The second-order valence-corrected chi connectivity index (χ2v) is 23.7. The Morgan fingerprint density at radius 1 is 0.372 bits per heavy atom. The molecular formula is C66H123O11P. The van der Waals surface area contributed by atoms with Crippen molar-refractivity contribution in [1.29, 1.82) is 0 Å². The molecule has 0 heterocycles. The second-order valence-electron chi connectivity index (χ2n) is 22.3. The molecule has 12 heteroatoms. The minimum Gasteiger partial charge on any atom is -0.462 e. The van der Waals surface area contributed by atoms with E-state index in [9.17, 15) is 28.9 Å². The molecule has 0 aromatic heterocycles. The Kier molecular flexibility index (Phi) is 59.0. The van der Waals surface area contributed by atoms with Gasteiger partial charge in [-0.1, -0.05) is 295 Å². The van der Waals surface area contributed by atoms with Crippen LogP contribution in [0.15, 0.2) is 36.5 Å². The SMILES string of the molecule is CC/C=C\C/C=C\C/C=C\CCCCCCCCCC(=O)OC(CO)COP(=O)(O)OCC(COC(=O)CCCCCCCCCCCCCCCCC)OC(=O)CCCCCCCCCCCCCCCCCCCCC. The summed E-state index contributed by atoms with van der Waals surface area (Å²) in [7, 11) is -4.75. The van der Waals surface area contributed by atoms with Gasteiger partial charge in [0, 0.05) is 19.3 Å². The fourth-order valence-corrected chi connectivity index (χ4v) is 10.4. The first-order chi connectivity index (χ1) is 38.2. The van der Waals surface area contributed by atoms with Crippen LogP contribution in [-0.2, 0) is 42.2 Å². The van der Waals surface area contributed by atoms with Gasteiger partial charge in [0.25, 0.3) is 0 Å². The summed E-state index contributed by atoms with van der Waals surface area (Å²) in [5.74, 6) is -1.44. The average Bonchev–Trinajstić information content (AvgIpc) is 3.43. The lowest BCUT2D eigenvalue weighted by Gasteiger charge is -2.21. The third-order valence-electron chi connectivity index (χ3n) is 14.6. The van der Waals surface area contributed by atoms with E-state index in [0.29, 0.717) is 19.3 Å². The molecule has 0 radical (unpaired) electrons. The summed E-state index contributed by atoms with van der Waals surface area (Å²) in [4.78, 5) is 48.8. The van der Waals surface area contributed by atoms with Gasteiger partial charge in [-0.3, -0.25) is 23.4 Å². The van der Waals surface area contributed by atoms with E-state index in [1.165, 1.54) is 180 Å². The number of esters is 3. The Morgan fingerprint density at radius 2 is 0.667 bits per heavy atom. The molecule has 0 fully saturated rings. The van der Waals surface area contributed by atoms with Gasteiger partial charge >= 0.3 is 25.7 Å². The largest absolute Gasteiger partial charge is 0.472 e. The molecular weight excluding hydrogens is 1000 g/mol. The summed E-state index contributed by atoms with van der Waals surface area (Å²) in [6.45, 7) is 4.61. The number of hydrogen-bond acceptors (Lipinski definition) is 10. The first kappa shape index (κ1) is 75.7. The summed E-state index contributed by atoms with van der Waals surface area (Å²) in [6, 6.07) is 0. The van der Waals surface area contributed by atoms with Crippen LogP contribution in [0.3, 0.4) is 0 Å². The lowest BCUT2D eigenvalue weighted by Crippen LogP contribution is -2.30. The number of carbonyl (C=O) groups is 3. The van der Waals surface area contributed by atoms with Crippen molar-refractivity contribution in [1.82, 2.24) is 0 Å². The molecule has 0 aliphatic heterocycles. The normalized spacial score (nSPS) is 13.4. The van der Waals surface area contributed by atoms with E-state index in [1.807, 2.05) is 0 Å². The maximum Gasteiger partial charge on any atom is 0.472 e. The first-order valence-electron chi connectivity index (χ1n) is 32.9. The molecule has 0 aliphatic rings. The van der Waals surface area contributed by atoms with Crippen LogP contribution >= 0.6 is 7.82 Å². The van der Waals surface area contributed by atoms with Gasteiger partial charge in [-0.15, -0.1) is 0 Å². The maximum absolute atomic E-state index is 13.0. The minimum atomic E-state index is -4.75. The van der Waals surface area contributed by atoms with Crippen molar-refractivity contribution in [2.45, 2.75) is 341 Å². The summed E-state index contributed by atoms with van der Waals surface area (Å²) in [6.07, 6.45) is 65.2. The number of carbonyl (C=O) groups excluding carboxylic acids is 3. The fraction of sp³-hybridized carbons (Fsp3) is 0.864. The molecule has 0 bridgehead atoms. The number of unbranched alkanes of at least 4 members (excludes halogenated alkanes) is 39. The van der Waals surface area contributed by atoms with Crippen molar-refractivity contribution in [3.8, 4) is 0 Å². The Balaban J connectivity index is 4.64. The van der Waals surface area contributed by atoms with Crippen molar-refractivity contribution in [2.75, 3.05) is 26.4 Å². The van der Waals surface area contributed by atoms with Crippen LogP contribution in [0, 0.1) is 0 Å². The van der Waals surface area contributed by atoms with Crippen LogP contribution in [-0.4, -0.2) is 66.5 Å². The Bertz CT molecular complexity index is 1450. The first-order valence-corrected chi connectivity index (χ1v) is 34.4. The number of ether oxygens (including phenoxy) is 3. The molecule has 2 N–H and O–H groups in total. The standard InChI is InChI=1S/C66H123O11P/c1-4-7-10-13-16-19-22-25-28-30-31-33-36-39-42-45-48-51-54-57-66(70)77-63(59-73-64(68)55-52-49-46-43-40-37-34-27-24-21-18-15-12-9-6-3)61-75-78(71,72)74-60-62(58-67)76-65(69)56-53-50-47-44-41-38-35-32-29-26-23-20-17-14-11-8-5-2/h8,11,17,20,26,29,62-63,67H,4-7,9-10,12-16,18-19,21-25,27-28,30-61H2,1-3H3,(H,71,72)/b11-8-,20-17-,29-26-. The number of aliphatic hydroxyl groups is 1. The lowest BCUT2D eigenvalue weighted by molar-refractivity contribution is -0.161. The lowest BCUT2D eigenvalue weighted by atomic mass is 10.0. The highest BCUT2D eigenvalue weighted by Gasteiger charge is 2.28. The third-order valence-corrected chi connectivity index (χ3v) is 15.5. The molecule has 0 rings (SSSR count). The predicted octanol–water partition coefficient (Wildman–Crippen LogP) is 19.9. The number of hydrogen-bond donors (Lipinski definition) is 2. The smallest absolute Gasteiger partial charge is 0.462 e. The molecule has 0 aromatic carbocycles. The van der Waals surface area contributed by atoms with Gasteiger partial charge in [0.1, 0.15) is 12.7 Å². The Labute approximate surface area is 480 Å². The minimum absolute atomic E-state index is 0.169. The number of allylic oxidation sites excluding steroid dienone is 6. The van der Waals surface area contributed by atoms with E-state index in [0.717, 1.165) is 89.9 Å². The molecule has 458 valence electrons. The van der Waals surface area contributed by atoms with E-state index >= 15 is 0 Å². The fourth-order valence-electron chi connectivity index (χ4n) is 9.61. The zero-order valence-corrected chi connectivity index (χ0v) is 51.8.